The van der Waals surface area contributed by atoms with Crippen LogP contribution in [0.4, 0.5) is 4.39 Å². The Morgan fingerprint density at radius 3 is 3.05 bits per heavy atom. The molecule has 1 amide bonds. The van der Waals surface area contributed by atoms with Crippen molar-refractivity contribution in [3.05, 3.63) is 48.3 Å². The molecule has 0 bridgehead atoms. The van der Waals surface area contributed by atoms with Gasteiger partial charge < -0.3 is 10.2 Å². The predicted octanol–water partition coefficient (Wildman–Crippen LogP) is 2.01. The molecule has 1 N–H and O–H groups in total. The van der Waals surface area contributed by atoms with Crippen molar-refractivity contribution in [3.63, 3.8) is 0 Å². The summed E-state index contributed by atoms with van der Waals surface area (Å²) in [5.74, 6) is -0.664. The third kappa shape index (κ3) is 2.65. The molecule has 1 atom stereocenters. The minimum absolute atomic E-state index is 0.233. The van der Waals surface area contributed by atoms with E-state index in [1.807, 2.05) is 0 Å². The molecule has 1 heterocycles. The third-order valence-corrected chi connectivity index (χ3v) is 2.93. The first-order valence-electron chi connectivity index (χ1n) is 5.96. The van der Waals surface area contributed by atoms with Crippen LogP contribution in [0, 0.1) is 5.82 Å². The Hall–Kier alpha value is -2.17. The average molecular weight is 262 g/mol. The van der Waals surface area contributed by atoms with E-state index in [1.165, 1.54) is 6.07 Å². The summed E-state index contributed by atoms with van der Waals surface area (Å²) in [6.45, 7) is 5.50. The van der Waals surface area contributed by atoms with Crippen molar-refractivity contribution in [1.82, 2.24) is 5.32 Å². The summed E-state index contributed by atoms with van der Waals surface area (Å²) in [6, 6.07) is 6.29. The van der Waals surface area contributed by atoms with Crippen LogP contribution < -0.4 is 5.32 Å². The minimum atomic E-state index is -1.10. The zero-order chi connectivity index (χ0) is 13.9. The minimum Gasteiger partial charge on any atom is -0.379 e. The van der Waals surface area contributed by atoms with E-state index in [0.29, 0.717) is 17.8 Å². The number of oxime groups is 1. The maximum atomic E-state index is 13.6. The van der Waals surface area contributed by atoms with Crippen LogP contribution in [0.15, 0.2) is 42.1 Å². The molecule has 100 valence electrons. The summed E-state index contributed by atoms with van der Waals surface area (Å²) in [5, 5.41) is 6.49. The molecule has 0 spiro atoms. The number of rotatable bonds is 4. The van der Waals surface area contributed by atoms with Gasteiger partial charge in [-0.25, -0.2) is 4.39 Å². The standard InChI is InChI=1S/C14H15FN2O2/c1-3-8-16-13(18)14(2)9-12(17-19-14)10-6-4-5-7-11(10)15/h3-7H,1,8-9H2,2H3,(H,16,18)/t14-/m1/s1. The highest BCUT2D eigenvalue weighted by Crippen LogP contribution is 2.27. The molecule has 0 aromatic heterocycles. The second-order valence-corrected chi connectivity index (χ2v) is 4.52. The van der Waals surface area contributed by atoms with Crippen LogP contribution in [0.5, 0.6) is 0 Å². The zero-order valence-corrected chi connectivity index (χ0v) is 10.6. The molecule has 1 aliphatic rings. The number of hydrogen-bond acceptors (Lipinski definition) is 3. The van der Waals surface area contributed by atoms with Gasteiger partial charge in [0.05, 0.1) is 5.71 Å². The van der Waals surface area contributed by atoms with Gasteiger partial charge in [-0.1, -0.05) is 29.4 Å². The molecule has 0 aliphatic carbocycles. The molecule has 1 aromatic carbocycles. The molecule has 1 aromatic rings. The van der Waals surface area contributed by atoms with Gasteiger partial charge in [-0.05, 0) is 13.0 Å². The number of benzene rings is 1. The Balaban J connectivity index is 2.12. The fourth-order valence-corrected chi connectivity index (χ4v) is 1.85. The summed E-state index contributed by atoms with van der Waals surface area (Å²) in [6.07, 6.45) is 1.81. The van der Waals surface area contributed by atoms with Crippen LogP contribution in [-0.2, 0) is 9.63 Å². The molecule has 0 saturated carbocycles. The van der Waals surface area contributed by atoms with Gasteiger partial charge in [0.2, 0.25) is 5.60 Å². The van der Waals surface area contributed by atoms with Gasteiger partial charge in [0, 0.05) is 18.5 Å². The van der Waals surface area contributed by atoms with Gasteiger partial charge in [0.1, 0.15) is 5.82 Å². The quantitative estimate of drug-likeness (QED) is 0.844. The summed E-state index contributed by atoms with van der Waals surface area (Å²) >= 11 is 0. The molecule has 19 heavy (non-hydrogen) atoms. The zero-order valence-electron chi connectivity index (χ0n) is 10.6. The van der Waals surface area contributed by atoms with Gasteiger partial charge >= 0.3 is 0 Å². The number of hydrogen-bond donors (Lipinski definition) is 1. The topological polar surface area (TPSA) is 50.7 Å². The van der Waals surface area contributed by atoms with Crippen LogP contribution in [0.2, 0.25) is 0 Å². The maximum absolute atomic E-state index is 13.6. The highest BCUT2D eigenvalue weighted by Gasteiger charge is 2.42. The third-order valence-electron chi connectivity index (χ3n) is 2.93. The highest BCUT2D eigenvalue weighted by atomic mass is 19.1. The van der Waals surface area contributed by atoms with Gasteiger partial charge in [0.25, 0.3) is 5.91 Å². The molecular formula is C14H15FN2O2. The summed E-state index contributed by atoms with van der Waals surface area (Å²) in [5.41, 5.74) is -0.294. The monoisotopic (exact) mass is 262 g/mol. The number of halogens is 1. The number of nitrogens with zero attached hydrogens (tertiary/aromatic N) is 1. The van der Waals surface area contributed by atoms with Crippen molar-refractivity contribution in [3.8, 4) is 0 Å². The lowest BCUT2D eigenvalue weighted by Gasteiger charge is -2.19. The fourth-order valence-electron chi connectivity index (χ4n) is 1.85. The molecule has 2 rings (SSSR count). The smallest absolute Gasteiger partial charge is 0.267 e. The van der Waals surface area contributed by atoms with Crippen LogP contribution in [0.3, 0.4) is 0 Å². The SMILES string of the molecule is C=CCNC(=O)[C@@]1(C)CC(c2ccccc2F)=NO1. The number of nitrogens with one attached hydrogen (secondary N) is 1. The Bertz CT molecular complexity index is 542. The van der Waals surface area contributed by atoms with Crippen molar-refractivity contribution < 1.29 is 14.0 Å². The molecule has 0 saturated heterocycles. The second-order valence-electron chi connectivity index (χ2n) is 4.52. The van der Waals surface area contributed by atoms with Crippen molar-refractivity contribution in [2.24, 2.45) is 5.16 Å². The van der Waals surface area contributed by atoms with Crippen molar-refractivity contribution >= 4 is 11.6 Å². The normalized spacial score (nSPS) is 21.5. The molecule has 0 radical (unpaired) electrons. The summed E-state index contributed by atoms with van der Waals surface area (Å²) in [4.78, 5) is 17.1. The van der Waals surface area contributed by atoms with E-state index in [4.69, 9.17) is 4.84 Å². The largest absolute Gasteiger partial charge is 0.379 e. The maximum Gasteiger partial charge on any atom is 0.267 e. The van der Waals surface area contributed by atoms with E-state index in [1.54, 1.807) is 31.2 Å². The Labute approximate surface area is 110 Å². The van der Waals surface area contributed by atoms with Crippen LogP contribution in [-0.4, -0.2) is 23.8 Å². The molecule has 4 nitrogen and oxygen atoms in total. The highest BCUT2D eigenvalue weighted by molar-refractivity contribution is 6.05. The first kappa shape index (κ1) is 13.3. The van der Waals surface area contributed by atoms with Crippen molar-refractivity contribution in [2.45, 2.75) is 18.9 Å². The molecule has 5 heteroatoms. The summed E-state index contributed by atoms with van der Waals surface area (Å²) in [7, 11) is 0. The van der Waals surface area contributed by atoms with E-state index in [2.05, 4.69) is 17.1 Å². The van der Waals surface area contributed by atoms with E-state index < -0.39 is 5.60 Å². The van der Waals surface area contributed by atoms with Crippen molar-refractivity contribution in [1.29, 1.82) is 0 Å². The van der Waals surface area contributed by atoms with Crippen LogP contribution in [0.25, 0.3) is 0 Å². The predicted molar refractivity (Wildman–Crippen MR) is 70.3 cm³/mol. The summed E-state index contributed by atoms with van der Waals surface area (Å²) < 4.78 is 13.6. The first-order chi connectivity index (χ1) is 9.07. The van der Waals surface area contributed by atoms with E-state index in [0.717, 1.165) is 0 Å². The molecule has 0 unspecified atom stereocenters. The second kappa shape index (κ2) is 5.22. The van der Waals surface area contributed by atoms with Crippen molar-refractivity contribution in [2.75, 3.05) is 6.54 Å². The molecule has 0 fully saturated rings. The average Bonchev–Trinajstić information content (AvgIpc) is 2.80. The van der Waals surface area contributed by atoms with Gasteiger partial charge in [-0.3, -0.25) is 4.79 Å². The van der Waals surface area contributed by atoms with Gasteiger partial charge in [0.15, 0.2) is 0 Å². The number of carbonyl (C=O) groups is 1. The van der Waals surface area contributed by atoms with E-state index >= 15 is 0 Å². The van der Waals surface area contributed by atoms with E-state index in [-0.39, 0.29) is 18.1 Å². The Morgan fingerprint density at radius 1 is 1.63 bits per heavy atom. The lowest BCUT2D eigenvalue weighted by molar-refractivity contribution is -0.141. The lowest BCUT2D eigenvalue weighted by Crippen LogP contribution is -2.44. The Morgan fingerprint density at radius 2 is 2.37 bits per heavy atom. The van der Waals surface area contributed by atoms with Crippen LogP contribution >= 0.6 is 0 Å². The number of carbonyl (C=O) groups excluding carboxylic acids is 1. The lowest BCUT2D eigenvalue weighted by atomic mass is 9.95. The molecule has 1 aliphatic heterocycles. The number of amides is 1. The Kier molecular flexibility index (Phi) is 3.64. The fraction of sp³-hybridized carbons (Fsp3) is 0.286. The van der Waals surface area contributed by atoms with Gasteiger partial charge in [-0.2, -0.15) is 0 Å². The first-order valence-corrected chi connectivity index (χ1v) is 5.96. The van der Waals surface area contributed by atoms with Gasteiger partial charge in [-0.15, -0.1) is 6.58 Å². The van der Waals surface area contributed by atoms with Crippen LogP contribution in [0.1, 0.15) is 18.9 Å². The van der Waals surface area contributed by atoms with E-state index in [9.17, 15) is 9.18 Å². The molecular weight excluding hydrogens is 247 g/mol.